The molecule has 1 N–H and O–H groups in total. The number of thiophene rings is 1. The number of hydrogen-bond donors (Lipinski definition) is 1. The van der Waals surface area contributed by atoms with Crippen molar-refractivity contribution in [2.75, 3.05) is 24.3 Å². The van der Waals surface area contributed by atoms with E-state index in [1.165, 1.54) is 40.9 Å². The minimum Gasteiger partial charge on any atom is -0.448 e. The third-order valence-corrected chi connectivity index (χ3v) is 7.18. The molecule has 0 aliphatic rings. The normalized spacial score (nSPS) is 12.0. The number of nitrogens with one attached hydrogen (secondary N) is 1. The van der Waals surface area contributed by atoms with E-state index in [0.717, 1.165) is 25.9 Å². The summed E-state index contributed by atoms with van der Waals surface area (Å²) in [5.41, 5.74) is 1.75. The van der Waals surface area contributed by atoms with Crippen LogP contribution in [-0.4, -0.2) is 42.0 Å². The molecule has 154 valence electrons. The number of carbonyl (C=O) groups is 2. The van der Waals surface area contributed by atoms with Crippen molar-refractivity contribution in [3.05, 3.63) is 46.7 Å². The van der Waals surface area contributed by atoms with E-state index in [-0.39, 0.29) is 0 Å². The van der Waals surface area contributed by atoms with Gasteiger partial charge < -0.3 is 9.64 Å². The van der Waals surface area contributed by atoms with Gasteiger partial charge in [-0.15, -0.1) is 22.7 Å². The highest BCUT2D eigenvalue weighted by Crippen LogP contribution is 2.34. The molecular formula is C20H18N4O3S3. The van der Waals surface area contributed by atoms with Crippen molar-refractivity contribution in [2.45, 2.75) is 13.0 Å². The minimum atomic E-state index is -0.952. The maximum absolute atomic E-state index is 12.4. The fraction of sp³-hybridized carbons (Fsp3) is 0.200. The van der Waals surface area contributed by atoms with E-state index >= 15 is 0 Å². The molecule has 0 saturated heterocycles. The van der Waals surface area contributed by atoms with Crippen LogP contribution >= 0.6 is 34.0 Å². The van der Waals surface area contributed by atoms with Crippen LogP contribution in [0.2, 0.25) is 0 Å². The average Bonchev–Trinajstić information content (AvgIpc) is 3.43. The lowest BCUT2D eigenvalue weighted by Gasteiger charge is -2.11. The van der Waals surface area contributed by atoms with Crippen molar-refractivity contribution in [3.8, 4) is 11.3 Å². The van der Waals surface area contributed by atoms with E-state index in [1.807, 2.05) is 54.7 Å². The zero-order chi connectivity index (χ0) is 21.3. The van der Waals surface area contributed by atoms with E-state index < -0.39 is 18.0 Å². The molecular weight excluding hydrogens is 440 g/mol. The number of benzene rings is 1. The molecule has 0 aliphatic heterocycles. The zero-order valence-corrected chi connectivity index (χ0v) is 18.9. The van der Waals surface area contributed by atoms with Crippen molar-refractivity contribution in [1.29, 1.82) is 0 Å². The molecule has 0 saturated carbocycles. The van der Waals surface area contributed by atoms with Gasteiger partial charge in [-0.25, -0.2) is 14.8 Å². The Morgan fingerprint density at radius 2 is 1.90 bits per heavy atom. The van der Waals surface area contributed by atoms with Crippen molar-refractivity contribution in [2.24, 2.45) is 0 Å². The molecule has 0 fully saturated rings. The predicted octanol–water partition coefficient (Wildman–Crippen LogP) is 4.73. The van der Waals surface area contributed by atoms with Crippen LogP contribution in [0.1, 0.15) is 16.6 Å². The van der Waals surface area contributed by atoms with E-state index in [9.17, 15) is 9.59 Å². The molecule has 1 amide bonds. The SMILES string of the molecule is CC(OC(=O)c1cc2sc(N(C)C)nc2s1)C(=O)Nc1nc(-c2ccccc2)cs1. The first kappa shape index (κ1) is 20.5. The summed E-state index contributed by atoms with van der Waals surface area (Å²) in [6.07, 6.45) is -0.952. The molecule has 10 heteroatoms. The topological polar surface area (TPSA) is 84.4 Å². The fourth-order valence-corrected chi connectivity index (χ4v) is 5.31. The van der Waals surface area contributed by atoms with Gasteiger partial charge in [0, 0.05) is 25.0 Å². The Kier molecular flexibility index (Phi) is 5.80. The number of rotatable bonds is 6. The molecule has 1 atom stereocenters. The van der Waals surface area contributed by atoms with E-state index in [2.05, 4.69) is 15.3 Å². The van der Waals surface area contributed by atoms with Crippen molar-refractivity contribution >= 4 is 65.7 Å². The Labute approximate surface area is 185 Å². The second-order valence-electron chi connectivity index (χ2n) is 6.61. The van der Waals surface area contributed by atoms with Gasteiger partial charge in [-0.3, -0.25) is 10.1 Å². The molecule has 4 rings (SSSR count). The highest BCUT2D eigenvalue weighted by molar-refractivity contribution is 7.29. The number of carbonyl (C=O) groups excluding carboxylic acids is 2. The Hall–Kier alpha value is -2.82. The number of hydrogen-bond acceptors (Lipinski definition) is 9. The Morgan fingerprint density at radius 3 is 2.60 bits per heavy atom. The fourth-order valence-electron chi connectivity index (χ4n) is 2.57. The maximum atomic E-state index is 12.4. The van der Waals surface area contributed by atoms with Gasteiger partial charge >= 0.3 is 5.97 Å². The van der Waals surface area contributed by atoms with Gasteiger partial charge in [0.05, 0.1) is 10.4 Å². The summed E-state index contributed by atoms with van der Waals surface area (Å²) in [5, 5.41) is 5.91. The highest BCUT2D eigenvalue weighted by atomic mass is 32.1. The number of aromatic nitrogens is 2. The third-order valence-electron chi connectivity index (χ3n) is 4.12. The van der Waals surface area contributed by atoms with Crippen LogP contribution in [0.15, 0.2) is 41.8 Å². The largest absolute Gasteiger partial charge is 0.448 e. The summed E-state index contributed by atoms with van der Waals surface area (Å²) in [7, 11) is 3.84. The van der Waals surface area contributed by atoms with Gasteiger partial charge in [0.15, 0.2) is 16.4 Å². The predicted molar refractivity (Wildman–Crippen MR) is 123 cm³/mol. The Morgan fingerprint density at radius 1 is 1.13 bits per heavy atom. The maximum Gasteiger partial charge on any atom is 0.349 e. The highest BCUT2D eigenvalue weighted by Gasteiger charge is 2.22. The Bertz CT molecular complexity index is 1170. The molecule has 0 bridgehead atoms. The average molecular weight is 459 g/mol. The summed E-state index contributed by atoms with van der Waals surface area (Å²) in [4.78, 5) is 36.9. The number of anilines is 2. The van der Waals surface area contributed by atoms with Gasteiger partial charge in [0.2, 0.25) is 0 Å². The smallest absolute Gasteiger partial charge is 0.349 e. The standard InChI is InChI=1S/C20H18N4O3S3/c1-11(16(25)22-19-21-13(10-28-19)12-7-5-4-6-8-12)27-18(26)15-9-14-17(29-15)23-20(30-14)24(2)3/h4-11H,1-3H3,(H,21,22,25). The summed E-state index contributed by atoms with van der Waals surface area (Å²) < 4.78 is 6.26. The second kappa shape index (κ2) is 8.50. The third kappa shape index (κ3) is 4.35. The van der Waals surface area contributed by atoms with Crippen molar-refractivity contribution in [3.63, 3.8) is 0 Å². The van der Waals surface area contributed by atoms with Crippen LogP contribution in [0.25, 0.3) is 20.8 Å². The number of thiazole rings is 2. The lowest BCUT2D eigenvalue weighted by Crippen LogP contribution is -2.29. The van der Waals surface area contributed by atoms with Crippen LogP contribution in [0.3, 0.4) is 0 Å². The number of amides is 1. The molecule has 3 heterocycles. The molecule has 0 spiro atoms. The van der Waals surface area contributed by atoms with Crippen molar-refractivity contribution in [1.82, 2.24) is 9.97 Å². The van der Waals surface area contributed by atoms with Gasteiger partial charge in [-0.1, -0.05) is 41.7 Å². The number of ether oxygens (including phenoxy) is 1. The molecule has 3 aromatic heterocycles. The molecule has 30 heavy (non-hydrogen) atoms. The lowest BCUT2D eigenvalue weighted by atomic mass is 10.2. The summed E-state index contributed by atoms with van der Waals surface area (Å²) in [6.45, 7) is 1.54. The minimum absolute atomic E-state index is 0.425. The summed E-state index contributed by atoms with van der Waals surface area (Å²) in [5.74, 6) is -0.966. The number of fused-ring (bicyclic) bond motifs is 1. The molecule has 1 aromatic carbocycles. The molecule has 0 radical (unpaired) electrons. The zero-order valence-electron chi connectivity index (χ0n) is 16.4. The van der Waals surface area contributed by atoms with E-state index in [1.54, 1.807) is 6.07 Å². The van der Waals surface area contributed by atoms with E-state index in [4.69, 9.17) is 4.74 Å². The van der Waals surface area contributed by atoms with E-state index in [0.29, 0.717) is 10.0 Å². The molecule has 1 unspecified atom stereocenters. The van der Waals surface area contributed by atoms with Gasteiger partial charge in [0.1, 0.15) is 9.71 Å². The molecule has 4 aromatic rings. The van der Waals surface area contributed by atoms with Crippen LogP contribution in [0.5, 0.6) is 0 Å². The van der Waals surface area contributed by atoms with Gasteiger partial charge in [-0.05, 0) is 13.0 Å². The van der Waals surface area contributed by atoms with Crippen LogP contribution in [0.4, 0.5) is 10.3 Å². The monoisotopic (exact) mass is 458 g/mol. The summed E-state index contributed by atoms with van der Waals surface area (Å²) in [6, 6.07) is 11.5. The number of nitrogens with zero attached hydrogens (tertiary/aromatic N) is 3. The molecule has 0 aliphatic carbocycles. The van der Waals surface area contributed by atoms with Gasteiger partial charge in [0.25, 0.3) is 5.91 Å². The Balaban J connectivity index is 1.38. The van der Waals surface area contributed by atoms with Crippen LogP contribution in [0, 0.1) is 0 Å². The second-order valence-corrected chi connectivity index (χ2v) is 9.51. The number of esters is 1. The first-order valence-corrected chi connectivity index (χ1v) is 11.5. The van der Waals surface area contributed by atoms with Gasteiger partial charge in [-0.2, -0.15) is 0 Å². The lowest BCUT2D eigenvalue weighted by molar-refractivity contribution is -0.123. The first-order valence-electron chi connectivity index (χ1n) is 9.01. The molecule has 7 nitrogen and oxygen atoms in total. The summed E-state index contributed by atoms with van der Waals surface area (Å²) >= 11 is 4.08. The quantitative estimate of drug-likeness (QED) is 0.421. The van der Waals surface area contributed by atoms with Crippen LogP contribution < -0.4 is 10.2 Å². The van der Waals surface area contributed by atoms with Crippen molar-refractivity contribution < 1.29 is 14.3 Å². The first-order chi connectivity index (χ1) is 14.4. The van der Waals surface area contributed by atoms with Crippen LogP contribution in [-0.2, 0) is 9.53 Å².